The first kappa shape index (κ1) is 17.0. The smallest absolute Gasteiger partial charge is 0.226 e. The Morgan fingerprint density at radius 3 is 2.15 bits per heavy atom. The summed E-state index contributed by atoms with van der Waals surface area (Å²) >= 11 is 0. The molecule has 20 heavy (non-hydrogen) atoms. The summed E-state index contributed by atoms with van der Waals surface area (Å²) in [6, 6.07) is 0. The Hall–Kier alpha value is -1.06. The Kier molecular flexibility index (Phi) is 7.03. The summed E-state index contributed by atoms with van der Waals surface area (Å²) in [7, 11) is 0. The molecule has 4 nitrogen and oxygen atoms in total. The van der Waals surface area contributed by atoms with Gasteiger partial charge in [-0.15, -0.1) is 0 Å². The molecule has 0 aromatic heterocycles. The summed E-state index contributed by atoms with van der Waals surface area (Å²) in [5.41, 5.74) is 5.56. The molecule has 2 N–H and O–H groups in total. The fraction of sp³-hybridized carbons (Fsp3) is 0.875. The molecule has 0 radical (unpaired) electrons. The van der Waals surface area contributed by atoms with Crippen molar-refractivity contribution in [2.24, 2.45) is 23.5 Å². The van der Waals surface area contributed by atoms with Crippen molar-refractivity contribution in [2.45, 2.75) is 59.3 Å². The van der Waals surface area contributed by atoms with Crippen LogP contribution >= 0.6 is 0 Å². The average Bonchev–Trinajstić information content (AvgIpc) is 2.42. The zero-order valence-electron chi connectivity index (χ0n) is 13.2. The second-order valence-electron chi connectivity index (χ2n) is 6.42. The number of carbonyl (C=O) groups excluding carboxylic acids is 2. The van der Waals surface area contributed by atoms with Gasteiger partial charge in [0.2, 0.25) is 11.8 Å². The van der Waals surface area contributed by atoms with Gasteiger partial charge in [0.25, 0.3) is 0 Å². The molecule has 0 bridgehead atoms. The van der Waals surface area contributed by atoms with E-state index in [0.29, 0.717) is 12.3 Å². The molecule has 1 aliphatic heterocycles. The lowest BCUT2D eigenvalue weighted by molar-refractivity contribution is -0.142. The van der Waals surface area contributed by atoms with E-state index in [1.54, 1.807) is 0 Å². The molecule has 1 heterocycles. The standard InChI is InChI=1S/C16H30N2O2/c1-4-8-13(15(17)19)14(11-12(2)3)16(20)18-9-6-5-7-10-18/h12-14H,4-11H2,1-3H3,(H2,17,19)/t13-,14+/m0/s1. The molecule has 2 amide bonds. The van der Waals surface area contributed by atoms with Crippen molar-refractivity contribution in [1.82, 2.24) is 4.90 Å². The Morgan fingerprint density at radius 1 is 1.10 bits per heavy atom. The van der Waals surface area contributed by atoms with Crippen LogP contribution in [0, 0.1) is 17.8 Å². The van der Waals surface area contributed by atoms with E-state index in [9.17, 15) is 9.59 Å². The first-order valence-corrected chi connectivity index (χ1v) is 8.05. The van der Waals surface area contributed by atoms with Gasteiger partial charge in [-0.25, -0.2) is 0 Å². The number of hydrogen-bond donors (Lipinski definition) is 1. The van der Waals surface area contributed by atoms with E-state index in [1.165, 1.54) is 6.42 Å². The quantitative estimate of drug-likeness (QED) is 0.780. The van der Waals surface area contributed by atoms with Gasteiger partial charge in [0.05, 0.1) is 0 Å². The Labute approximate surface area is 123 Å². The zero-order valence-corrected chi connectivity index (χ0v) is 13.2. The van der Waals surface area contributed by atoms with Gasteiger partial charge in [-0.1, -0.05) is 27.2 Å². The summed E-state index contributed by atoms with van der Waals surface area (Å²) in [5.74, 6) is -0.312. The third-order valence-electron chi connectivity index (χ3n) is 4.16. The summed E-state index contributed by atoms with van der Waals surface area (Å²) in [5, 5.41) is 0. The summed E-state index contributed by atoms with van der Waals surface area (Å²) in [6.07, 6.45) is 5.71. The number of carbonyl (C=O) groups is 2. The molecule has 2 atom stereocenters. The fourth-order valence-corrected chi connectivity index (χ4v) is 3.15. The van der Waals surface area contributed by atoms with Gasteiger partial charge in [0, 0.05) is 24.9 Å². The molecule has 0 aliphatic carbocycles. The van der Waals surface area contributed by atoms with Gasteiger partial charge < -0.3 is 10.6 Å². The van der Waals surface area contributed by atoms with Crippen molar-refractivity contribution in [3.05, 3.63) is 0 Å². The Balaban J connectivity index is 2.84. The number of nitrogens with two attached hydrogens (primary N) is 1. The molecule has 0 aromatic carbocycles. The molecule has 0 aromatic rings. The predicted molar refractivity (Wildman–Crippen MR) is 81.0 cm³/mol. The first-order valence-electron chi connectivity index (χ1n) is 8.05. The van der Waals surface area contributed by atoms with Gasteiger partial charge >= 0.3 is 0 Å². The minimum Gasteiger partial charge on any atom is -0.369 e. The Morgan fingerprint density at radius 2 is 1.70 bits per heavy atom. The van der Waals surface area contributed by atoms with Crippen LogP contribution < -0.4 is 5.73 Å². The first-order chi connectivity index (χ1) is 9.47. The van der Waals surface area contributed by atoms with Crippen molar-refractivity contribution in [2.75, 3.05) is 13.1 Å². The van der Waals surface area contributed by atoms with Crippen LogP contribution in [0.15, 0.2) is 0 Å². The lowest BCUT2D eigenvalue weighted by atomic mass is 9.81. The SMILES string of the molecule is CCC[C@H](C(N)=O)[C@@H](CC(C)C)C(=O)N1CCCCC1. The number of hydrogen-bond acceptors (Lipinski definition) is 2. The van der Waals surface area contributed by atoms with Gasteiger partial charge in [0.15, 0.2) is 0 Å². The highest BCUT2D eigenvalue weighted by molar-refractivity contribution is 5.87. The maximum Gasteiger partial charge on any atom is 0.226 e. The van der Waals surface area contributed by atoms with Crippen LogP contribution in [0.2, 0.25) is 0 Å². The largest absolute Gasteiger partial charge is 0.369 e. The normalized spacial score (nSPS) is 18.9. The third kappa shape index (κ3) is 4.80. The molecule has 1 aliphatic rings. The monoisotopic (exact) mass is 282 g/mol. The van der Waals surface area contributed by atoms with Crippen molar-refractivity contribution in [3.8, 4) is 0 Å². The average molecular weight is 282 g/mol. The Bertz CT molecular complexity index is 322. The fourth-order valence-electron chi connectivity index (χ4n) is 3.15. The van der Waals surface area contributed by atoms with Crippen LogP contribution in [-0.2, 0) is 9.59 Å². The number of likely N-dealkylation sites (tertiary alicyclic amines) is 1. The van der Waals surface area contributed by atoms with E-state index < -0.39 is 0 Å². The van der Waals surface area contributed by atoms with Gasteiger partial charge in [-0.3, -0.25) is 9.59 Å². The number of primary amides is 1. The van der Waals surface area contributed by atoms with Crippen molar-refractivity contribution >= 4 is 11.8 Å². The lowest BCUT2D eigenvalue weighted by Crippen LogP contribution is -2.45. The van der Waals surface area contributed by atoms with Gasteiger partial charge in [0.1, 0.15) is 0 Å². The van der Waals surface area contributed by atoms with Crippen LogP contribution in [0.3, 0.4) is 0 Å². The van der Waals surface area contributed by atoms with Crippen molar-refractivity contribution in [3.63, 3.8) is 0 Å². The van der Waals surface area contributed by atoms with Crippen molar-refractivity contribution in [1.29, 1.82) is 0 Å². The van der Waals surface area contributed by atoms with Crippen LogP contribution in [0.4, 0.5) is 0 Å². The highest BCUT2D eigenvalue weighted by atomic mass is 16.2. The number of nitrogens with zero attached hydrogens (tertiary/aromatic N) is 1. The molecule has 0 unspecified atom stereocenters. The van der Waals surface area contributed by atoms with Crippen LogP contribution in [0.25, 0.3) is 0 Å². The maximum atomic E-state index is 12.8. The summed E-state index contributed by atoms with van der Waals surface area (Å²) < 4.78 is 0. The van der Waals surface area contributed by atoms with E-state index in [1.807, 2.05) is 11.8 Å². The topological polar surface area (TPSA) is 63.4 Å². The molecule has 0 spiro atoms. The molecule has 1 rings (SSSR count). The van der Waals surface area contributed by atoms with E-state index in [4.69, 9.17) is 5.73 Å². The number of amides is 2. The van der Waals surface area contributed by atoms with Crippen LogP contribution in [0.5, 0.6) is 0 Å². The highest BCUT2D eigenvalue weighted by Gasteiger charge is 2.35. The van der Waals surface area contributed by atoms with E-state index in [2.05, 4.69) is 13.8 Å². The minimum atomic E-state index is -0.317. The zero-order chi connectivity index (χ0) is 15.1. The maximum absolute atomic E-state index is 12.8. The number of piperidine rings is 1. The van der Waals surface area contributed by atoms with Crippen LogP contribution in [-0.4, -0.2) is 29.8 Å². The molecule has 0 saturated carbocycles. The third-order valence-corrected chi connectivity index (χ3v) is 4.16. The van der Waals surface area contributed by atoms with Crippen LogP contribution in [0.1, 0.15) is 59.3 Å². The minimum absolute atomic E-state index is 0.149. The van der Waals surface area contributed by atoms with E-state index >= 15 is 0 Å². The molecule has 1 fully saturated rings. The number of rotatable bonds is 7. The second kappa shape index (κ2) is 8.28. The molecule has 116 valence electrons. The van der Waals surface area contributed by atoms with Crippen molar-refractivity contribution < 1.29 is 9.59 Å². The molecular formula is C16H30N2O2. The van der Waals surface area contributed by atoms with Gasteiger partial charge in [-0.2, -0.15) is 0 Å². The summed E-state index contributed by atoms with van der Waals surface area (Å²) in [4.78, 5) is 26.5. The molecular weight excluding hydrogens is 252 g/mol. The highest BCUT2D eigenvalue weighted by Crippen LogP contribution is 2.27. The van der Waals surface area contributed by atoms with E-state index in [0.717, 1.165) is 38.8 Å². The molecule has 1 saturated heterocycles. The predicted octanol–water partition coefficient (Wildman–Crippen LogP) is 2.56. The second-order valence-corrected chi connectivity index (χ2v) is 6.42. The van der Waals surface area contributed by atoms with E-state index in [-0.39, 0.29) is 23.7 Å². The molecule has 4 heteroatoms. The van der Waals surface area contributed by atoms with Gasteiger partial charge in [-0.05, 0) is 38.0 Å². The lowest BCUT2D eigenvalue weighted by Gasteiger charge is -2.33. The summed E-state index contributed by atoms with van der Waals surface area (Å²) in [6.45, 7) is 7.91.